The van der Waals surface area contributed by atoms with Gasteiger partial charge in [-0.2, -0.15) is 0 Å². The minimum Gasteiger partial charge on any atom is -0.495 e. The number of anilines is 2. The monoisotopic (exact) mass is 315 g/mol. The van der Waals surface area contributed by atoms with Gasteiger partial charge >= 0.3 is 0 Å². The maximum Gasteiger partial charge on any atom is 0.223 e. The van der Waals surface area contributed by atoms with Crippen molar-refractivity contribution in [2.75, 3.05) is 49.6 Å². The predicted octanol–water partition coefficient (Wildman–Crippen LogP) is 1.89. The van der Waals surface area contributed by atoms with Crippen LogP contribution in [0.1, 0.15) is 25.3 Å². The van der Waals surface area contributed by atoms with Crippen molar-refractivity contribution >= 4 is 17.3 Å². The maximum atomic E-state index is 11.9. The number of hydrogen-bond acceptors (Lipinski definition) is 4. The minimum absolute atomic E-state index is 0.128. The van der Waals surface area contributed by atoms with Crippen LogP contribution in [0.2, 0.25) is 0 Å². The number of carbonyl (C=O) groups excluding carboxylic acids is 1. The molecule has 2 bridgehead atoms. The third-order valence-electron chi connectivity index (χ3n) is 5.62. The summed E-state index contributed by atoms with van der Waals surface area (Å²) < 4.78 is 5.71. The quantitative estimate of drug-likeness (QED) is 0.835. The van der Waals surface area contributed by atoms with Gasteiger partial charge in [0.15, 0.2) is 0 Å². The second kappa shape index (κ2) is 5.71. The van der Waals surface area contributed by atoms with Gasteiger partial charge < -0.3 is 19.4 Å². The summed E-state index contributed by atoms with van der Waals surface area (Å²) in [5, 5.41) is 0. The van der Waals surface area contributed by atoms with E-state index in [1.165, 1.54) is 31.5 Å². The third kappa shape index (κ3) is 2.47. The molecule has 23 heavy (non-hydrogen) atoms. The van der Waals surface area contributed by atoms with Crippen LogP contribution in [0.25, 0.3) is 0 Å². The van der Waals surface area contributed by atoms with Crippen molar-refractivity contribution in [3.05, 3.63) is 17.7 Å². The van der Waals surface area contributed by atoms with Gasteiger partial charge in [-0.05, 0) is 37.0 Å². The van der Waals surface area contributed by atoms with Crippen molar-refractivity contribution in [2.24, 2.45) is 0 Å². The van der Waals surface area contributed by atoms with Gasteiger partial charge in [0, 0.05) is 51.4 Å². The van der Waals surface area contributed by atoms with Crippen LogP contribution >= 0.6 is 0 Å². The molecule has 1 amide bonds. The maximum absolute atomic E-state index is 11.9. The predicted molar refractivity (Wildman–Crippen MR) is 91.5 cm³/mol. The molecule has 0 N–H and O–H groups in total. The van der Waals surface area contributed by atoms with Crippen LogP contribution in [0.4, 0.5) is 11.4 Å². The number of fused-ring (bicyclic) bond motifs is 5. The summed E-state index contributed by atoms with van der Waals surface area (Å²) in [7, 11) is 1.75. The molecule has 1 aromatic carbocycles. The summed E-state index contributed by atoms with van der Waals surface area (Å²) in [4.78, 5) is 18.9. The van der Waals surface area contributed by atoms with Crippen LogP contribution in [0.3, 0.4) is 0 Å². The smallest absolute Gasteiger partial charge is 0.223 e. The highest BCUT2D eigenvalue weighted by Gasteiger charge is 2.32. The van der Waals surface area contributed by atoms with Crippen LogP contribution in [-0.4, -0.2) is 56.7 Å². The Morgan fingerprint density at radius 2 is 1.87 bits per heavy atom. The lowest BCUT2D eigenvalue weighted by atomic mass is 10.0. The molecule has 4 heterocycles. The Kier molecular flexibility index (Phi) is 3.68. The van der Waals surface area contributed by atoms with E-state index < -0.39 is 0 Å². The molecule has 0 radical (unpaired) electrons. The molecule has 0 aliphatic carbocycles. The van der Waals surface area contributed by atoms with Gasteiger partial charge in [-0.25, -0.2) is 0 Å². The summed E-state index contributed by atoms with van der Waals surface area (Å²) in [5.74, 6) is 1.08. The number of rotatable bonds is 2. The first-order valence-corrected chi connectivity index (χ1v) is 8.65. The molecule has 1 aromatic rings. The number of amides is 1. The Morgan fingerprint density at radius 1 is 1.09 bits per heavy atom. The summed E-state index contributed by atoms with van der Waals surface area (Å²) in [6.45, 7) is 7.00. The van der Waals surface area contributed by atoms with Gasteiger partial charge in [0.1, 0.15) is 5.75 Å². The summed E-state index contributed by atoms with van der Waals surface area (Å²) in [6.07, 6.45) is 3.36. The molecule has 0 spiro atoms. The molecular weight excluding hydrogens is 290 g/mol. The lowest BCUT2D eigenvalue weighted by molar-refractivity contribution is -0.116. The topological polar surface area (TPSA) is 36.0 Å². The zero-order valence-electron chi connectivity index (χ0n) is 14.0. The van der Waals surface area contributed by atoms with Crippen molar-refractivity contribution in [1.29, 1.82) is 0 Å². The van der Waals surface area contributed by atoms with Crippen molar-refractivity contribution in [1.82, 2.24) is 4.90 Å². The van der Waals surface area contributed by atoms with E-state index in [0.29, 0.717) is 6.04 Å². The Labute approximate surface area is 137 Å². The van der Waals surface area contributed by atoms with Gasteiger partial charge in [-0.3, -0.25) is 4.79 Å². The Hall–Kier alpha value is -1.75. The van der Waals surface area contributed by atoms with Crippen molar-refractivity contribution < 1.29 is 9.53 Å². The Balaban J connectivity index is 1.75. The van der Waals surface area contributed by atoms with Crippen LogP contribution in [0.15, 0.2) is 12.1 Å². The number of hydrogen-bond donors (Lipinski definition) is 0. The zero-order chi connectivity index (χ0) is 16.0. The average Bonchev–Trinajstić information content (AvgIpc) is 2.74. The van der Waals surface area contributed by atoms with Crippen LogP contribution in [-0.2, 0) is 11.2 Å². The molecule has 0 saturated carbocycles. The first-order valence-electron chi connectivity index (χ1n) is 8.65. The summed E-state index contributed by atoms with van der Waals surface area (Å²) >= 11 is 0. The Bertz CT molecular complexity index is 623. The van der Waals surface area contributed by atoms with Crippen molar-refractivity contribution in [3.8, 4) is 5.75 Å². The van der Waals surface area contributed by atoms with E-state index >= 15 is 0 Å². The fourth-order valence-electron chi connectivity index (χ4n) is 4.32. The second-order valence-electron chi connectivity index (χ2n) is 6.84. The number of ether oxygens (including phenoxy) is 1. The number of piperidine rings is 1. The van der Waals surface area contributed by atoms with E-state index in [1.807, 2.05) is 4.90 Å². The molecule has 4 aliphatic heterocycles. The van der Waals surface area contributed by atoms with Gasteiger partial charge in [-0.1, -0.05) is 0 Å². The van der Waals surface area contributed by atoms with E-state index in [9.17, 15) is 4.79 Å². The molecule has 124 valence electrons. The third-order valence-corrected chi connectivity index (χ3v) is 5.62. The number of methoxy groups -OCH3 is 1. The van der Waals surface area contributed by atoms with Crippen LogP contribution < -0.4 is 14.5 Å². The number of benzene rings is 1. The summed E-state index contributed by atoms with van der Waals surface area (Å²) in [6, 6.07) is 4.93. The molecule has 0 atom stereocenters. The lowest BCUT2D eigenvalue weighted by Crippen LogP contribution is -2.38. The molecule has 5 nitrogen and oxygen atoms in total. The fourth-order valence-corrected chi connectivity index (χ4v) is 4.32. The van der Waals surface area contributed by atoms with Gasteiger partial charge in [0.2, 0.25) is 5.91 Å². The molecule has 0 unspecified atom stereocenters. The normalized spacial score (nSPS) is 26.2. The van der Waals surface area contributed by atoms with Crippen molar-refractivity contribution in [2.45, 2.75) is 32.2 Å². The van der Waals surface area contributed by atoms with E-state index in [-0.39, 0.29) is 5.91 Å². The van der Waals surface area contributed by atoms with Crippen LogP contribution in [0, 0.1) is 0 Å². The number of nitrogens with zero attached hydrogens (tertiary/aromatic N) is 3. The van der Waals surface area contributed by atoms with Gasteiger partial charge in [-0.15, -0.1) is 0 Å². The van der Waals surface area contributed by atoms with E-state index in [0.717, 1.165) is 43.2 Å². The molecule has 5 heteroatoms. The molecule has 4 aliphatic rings. The van der Waals surface area contributed by atoms with Crippen LogP contribution in [0.5, 0.6) is 5.75 Å². The first-order chi connectivity index (χ1) is 11.2. The number of carbonyl (C=O) groups is 1. The highest BCUT2D eigenvalue weighted by molar-refractivity contribution is 5.95. The molecule has 3 saturated heterocycles. The fraction of sp³-hybridized carbons (Fsp3) is 0.611. The van der Waals surface area contributed by atoms with Gasteiger partial charge in [0.05, 0.1) is 12.8 Å². The average molecular weight is 315 g/mol. The highest BCUT2D eigenvalue weighted by atomic mass is 16.5. The highest BCUT2D eigenvalue weighted by Crippen LogP contribution is 2.41. The van der Waals surface area contributed by atoms with Gasteiger partial charge in [0.25, 0.3) is 0 Å². The molecule has 5 rings (SSSR count). The zero-order valence-corrected chi connectivity index (χ0v) is 14.0. The lowest BCUT2D eigenvalue weighted by Gasteiger charge is -2.34. The van der Waals surface area contributed by atoms with E-state index in [2.05, 4.69) is 21.9 Å². The minimum atomic E-state index is 0.128. The summed E-state index contributed by atoms with van der Waals surface area (Å²) in [5.41, 5.74) is 3.46. The van der Waals surface area contributed by atoms with E-state index in [4.69, 9.17) is 4.74 Å². The van der Waals surface area contributed by atoms with E-state index in [1.54, 1.807) is 14.0 Å². The van der Waals surface area contributed by atoms with Crippen molar-refractivity contribution in [3.63, 3.8) is 0 Å². The molecule has 0 aromatic heterocycles. The standard InChI is InChI=1S/C18H25N3O2/c1-13(22)20-8-3-14-11-18(23-2)17(12-16(14)20)21-10-9-19-6-4-15(21)5-7-19/h11-12,15H,3-10H2,1-2H3. The first kappa shape index (κ1) is 14.8. The molecular formula is C18H25N3O2. The second-order valence-corrected chi connectivity index (χ2v) is 6.84. The largest absolute Gasteiger partial charge is 0.495 e. The SMILES string of the molecule is COc1cc2c(cc1N1CCN3CCC1CC3)N(C(C)=O)CC2. The molecule has 3 fully saturated rings. The Morgan fingerprint density at radius 3 is 2.57 bits per heavy atom.